The standard InChI is InChI=1S/C25H25ClN2OS/c26-20-8-10-25(27-14-20)30-21-11-12-28(15-21)24-9-7-18(13-19(24)16-29)23-6-2-4-17-3-1-5-22(17)23/h2,4,6-10,13-14,21,29H,1,3,5,11-12,15-16H2/t21-/m0/s1. The number of thioether (sulfide) groups is 1. The van der Waals surface area contributed by atoms with E-state index in [2.05, 4.69) is 46.3 Å². The molecule has 1 aliphatic carbocycles. The van der Waals surface area contributed by atoms with E-state index in [0.717, 1.165) is 42.2 Å². The Morgan fingerprint density at radius 1 is 1.13 bits per heavy atom. The number of aliphatic hydroxyl groups is 1. The van der Waals surface area contributed by atoms with Crippen LogP contribution in [0.5, 0.6) is 0 Å². The first-order valence-electron chi connectivity index (χ1n) is 10.6. The van der Waals surface area contributed by atoms with Crippen molar-refractivity contribution in [2.75, 3.05) is 18.0 Å². The van der Waals surface area contributed by atoms with Crippen LogP contribution in [0.15, 0.2) is 59.8 Å². The summed E-state index contributed by atoms with van der Waals surface area (Å²) in [6, 6.07) is 17.1. The number of hydrogen-bond donors (Lipinski definition) is 1. The Hall–Kier alpha value is -2.01. The van der Waals surface area contributed by atoms with Gasteiger partial charge < -0.3 is 10.0 Å². The summed E-state index contributed by atoms with van der Waals surface area (Å²) in [6.07, 6.45) is 6.40. The fraction of sp³-hybridized carbons (Fsp3) is 0.320. The number of pyridine rings is 1. The summed E-state index contributed by atoms with van der Waals surface area (Å²) >= 11 is 7.76. The first-order valence-corrected chi connectivity index (χ1v) is 11.8. The van der Waals surface area contributed by atoms with Gasteiger partial charge in [0.05, 0.1) is 16.7 Å². The van der Waals surface area contributed by atoms with Crippen molar-refractivity contribution >= 4 is 29.1 Å². The normalized spacial score (nSPS) is 18.1. The van der Waals surface area contributed by atoms with E-state index in [1.807, 2.05) is 23.9 Å². The van der Waals surface area contributed by atoms with Gasteiger partial charge >= 0.3 is 0 Å². The molecule has 0 saturated carbocycles. The molecule has 3 nitrogen and oxygen atoms in total. The predicted molar refractivity (Wildman–Crippen MR) is 126 cm³/mol. The molecule has 1 N–H and O–H groups in total. The van der Waals surface area contributed by atoms with Gasteiger partial charge in [0.2, 0.25) is 0 Å². The van der Waals surface area contributed by atoms with Crippen molar-refractivity contribution in [3.05, 3.63) is 76.4 Å². The molecule has 0 unspecified atom stereocenters. The minimum absolute atomic E-state index is 0.0608. The Morgan fingerprint density at radius 3 is 2.90 bits per heavy atom. The van der Waals surface area contributed by atoms with E-state index in [1.54, 1.807) is 6.20 Å². The quantitative estimate of drug-likeness (QED) is 0.552. The van der Waals surface area contributed by atoms with Crippen molar-refractivity contribution in [1.82, 2.24) is 4.98 Å². The van der Waals surface area contributed by atoms with Gasteiger partial charge in [0.15, 0.2) is 0 Å². The van der Waals surface area contributed by atoms with E-state index in [4.69, 9.17) is 11.6 Å². The molecule has 2 aliphatic rings. The topological polar surface area (TPSA) is 36.4 Å². The van der Waals surface area contributed by atoms with E-state index in [1.165, 1.54) is 35.1 Å². The van der Waals surface area contributed by atoms with Crippen LogP contribution in [0, 0.1) is 0 Å². The predicted octanol–water partition coefficient (Wildman–Crippen LogP) is 5.75. The Kier molecular flexibility index (Phi) is 5.72. The zero-order chi connectivity index (χ0) is 20.5. The minimum atomic E-state index is 0.0608. The monoisotopic (exact) mass is 436 g/mol. The van der Waals surface area contributed by atoms with Crippen molar-refractivity contribution in [2.45, 2.75) is 42.6 Å². The van der Waals surface area contributed by atoms with E-state index < -0.39 is 0 Å². The largest absolute Gasteiger partial charge is 0.392 e. The summed E-state index contributed by atoms with van der Waals surface area (Å²) < 4.78 is 0. The van der Waals surface area contributed by atoms with E-state index in [0.29, 0.717) is 10.3 Å². The highest BCUT2D eigenvalue weighted by Gasteiger charge is 2.26. The highest BCUT2D eigenvalue weighted by molar-refractivity contribution is 7.99. The summed E-state index contributed by atoms with van der Waals surface area (Å²) in [6.45, 7) is 2.02. The maximum Gasteiger partial charge on any atom is 0.0964 e. The average Bonchev–Trinajstić information content (AvgIpc) is 3.44. The first kappa shape index (κ1) is 19.9. The molecule has 2 heterocycles. The Balaban J connectivity index is 1.35. The maximum absolute atomic E-state index is 10.1. The summed E-state index contributed by atoms with van der Waals surface area (Å²) in [5.41, 5.74) is 7.69. The van der Waals surface area contributed by atoms with Gasteiger partial charge in [-0.1, -0.05) is 35.9 Å². The lowest BCUT2D eigenvalue weighted by Gasteiger charge is -2.22. The average molecular weight is 437 g/mol. The summed E-state index contributed by atoms with van der Waals surface area (Å²) in [5, 5.41) is 12.3. The molecule has 3 aromatic rings. The highest BCUT2D eigenvalue weighted by Crippen LogP contribution is 2.37. The molecule has 154 valence electrons. The van der Waals surface area contributed by atoms with E-state index in [-0.39, 0.29) is 6.61 Å². The van der Waals surface area contributed by atoms with Crippen molar-refractivity contribution < 1.29 is 5.11 Å². The number of hydrogen-bond acceptors (Lipinski definition) is 4. The van der Waals surface area contributed by atoms with Crippen molar-refractivity contribution in [3.63, 3.8) is 0 Å². The molecule has 2 aromatic carbocycles. The van der Waals surface area contributed by atoms with Crippen molar-refractivity contribution in [1.29, 1.82) is 0 Å². The molecule has 5 rings (SSSR count). The molecule has 0 spiro atoms. The SMILES string of the molecule is OCc1cc(-c2cccc3c2CCC3)ccc1N1CC[C@H](Sc2ccc(Cl)cn2)C1. The summed E-state index contributed by atoms with van der Waals surface area (Å²) in [5.74, 6) is 0. The number of rotatable bonds is 5. The number of benzene rings is 2. The zero-order valence-corrected chi connectivity index (χ0v) is 18.4. The highest BCUT2D eigenvalue weighted by atomic mass is 35.5. The zero-order valence-electron chi connectivity index (χ0n) is 16.9. The molecule has 1 aromatic heterocycles. The number of aliphatic hydroxyl groups excluding tert-OH is 1. The Bertz CT molecular complexity index is 1050. The van der Waals surface area contributed by atoms with Crippen LogP contribution in [-0.2, 0) is 19.4 Å². The first-order chi connectivity index (χ1) is 14.7. The van der Waals surface area contributed by atoms with Gasteiger partial charge in [-0.05, 0) is 72.2 Å². The maximum atomic E-state index is 10.1. The van der Waals surface area contributed by atoms with Crippen molar-refractivity contribution in [2.24, 2.45) is 0 Å². The lowest BCUT2D eigenvalue weighted by atomic mass is 9.95. The Labute approximate surface area is 187 Å². The number of nitrogens with zero attached hydrogens (tertiary/aromatic N) is 2. The fourth-order valence-corrected chi connectivity index (χ4v) is 5.92. The van der Waals surface area contributed by atoms with Crippen LogP contribution in [0.4, 0.5) is 5.69 Å². The number of aryl methyl sites for hydroxylation is 1. The third-order valence-electron chi connectivity index (χ3n) is 6.18. The van der Waals surface area contributed by atoms with Gasteiger partial charge in [-0.25, -0.2) is 4.98 Å². The molecule has 1 aliphatic heterocycles. The molecular formula is C25H25ClN2OS. The molecule has 0 bridgehead atoms. The van der Waals surface area contributed by atoms with Gasteiger partial charge in [0.1, 0.15) is 0 Å². The summed E-state index contributed by atoms with van der Waals surface area (Å²) in [4.78, 5) is 6.82. The smallest absolute Gasteiger partial charge is 0.0964 e. The van der Waals surface area contributed by atoms with Gasteiger partial charge in [0, 0.05) is 35.8 Å². The van der Waals surface area contributed by atoms with Gasteiger partial charge in [-0.2, -0.15) is 0 Å². The molecular weight excluding hydrogens is 412 g/mol. The number of fused-ring (bicyclic) bond motifs is 1. The van der Waals surface area contributed by atoms with Crippen LogP contribution in [-0.4, -0.2) is 28.4 Å². The molecule has 30 heavy (non-hydrogen) atoms. The van der Waals surface area contributed by atoms with Crippen LogP contribution in [0.3, 0.4) is 0 Å². The van der Waals surface area contributed by atoms with Crippen LogP contribution < -0.4 is 4.90 Å². The number of halogens is 1. The van der Waals surface area contributed by atoms with Crippen LogP contribution in [0.1, 0.15) is 29.5 Å². The third kappa shape index (κ3) is 3.96. The van der Waals surface area contributed by atoms with Gasteiger partial charge in [-0.3, -0.25) is 0 Å². The van der Waals surface area contributed by atoms with E-state index >= 15 is 0 Å². The van der Waals surface area contributed by atoms with Crippen LogP contribution in [0.2, 0.25) is 5.02 Å². The fourth-order valence-electron chi connectivity index (χ4n) is 4.72. The lowest BCUT2D eigenvalue weighted by molar-refractivity contribution is 0.282. The minimum Gasteiger partial charge on any atom is -0.392 e. The van der Waals surface area contributed by atoms with Crippen molar-refractivity contribution in [3.8, 4) is 11.1 Å². The summed E-state index contributed by atoms with van der Waals surface area (Å²) in [7, 11) is 0. The van der Waals surface area contributed by atoms with Crippen LogP contribution >= 0.6 is 23.4 Å². The molecule has 1 fully saturated rings. The number of anilines is 1. The molecule has 1 saturated heterocycles. The van der Waals surface area contributed by atoms with E-state index in [9.17, 15) is 5.11 Å². The number of aromatic nitrogens is 1. The molecule has 0 amide bonds. The lowest BCUT2D eigenvalue weighted by Crippen LogP contribution is -2.21. The molecule has 0 radical (unpaired) electrons. The molecule has 1 atom stereocenters. The van der Waals surface area contributed by atoms with Crippen LogP contribution in [0.25, 0.3) is 11.1 Å². The second-order valence-corrected chi connectivity index (χ2v) is 9.84. The van der Waals surface area contributed by atoms with Gasteiger partial charge in [0.25, 0.3) is 0 Å². The Morgan fingerprint density at radius 2 is 2.07 bits per heavy atom. The third-order valence-corrected chi connectivity index (χ3v) is 7.60. The second kappa shape index (κ2) is 8.62. The second-order valence-electron chi connectivity index (χ2n) is 8.09. The van der Waals surface area contributed by atoms with Gasteiger partial charge in [-0.15, -0.1) is 11.8 Å². The molecule has 5 heteroatoms.